The summed E-state index contributed by atoms with van der Waals surface area (Å²) in [5.74, 6) is -3.20. The molecule has 3 heterocycles. The van der Waals surface area contributed by atoms with E-state index in [2.05, 4.69) is 4.98 Å². The minimum Gasteiger partial charge on any atom is -0.353 e. The zero-order chi connectivity index (χ0) is 16.9. The Morgan fingerprint density at radius 1 is 1.21 bits per heavy atom. The van der Waals surface area contributed by atoms with E-state index in [9.17, 15) is 18.0 Å². The van der Waals surface area contributed by atoms with E-state index in [0.717, 1.165) is 12.8 Å². The molecule has 3 aliphatic rings. The van der Waals surface area contributed by atoms with E-state index in [0.29, 0.717) is 6.54 Å². The van der Waals surface area contributed by atoms with Gasteiger partial charge in [-0.2, -0.15) is 0 Å². The number of alkyl halides is 2. The van der Waals surface area contributed by atoms with E-state index >= 15 is 0 Å². The van der Waals surface area contributed by atoms with Crippen molar-refractivity contribution in [3.63, 3.8) is 0 Å². The number of likely N-dealkylation sites (tertiary alicyclic amines) is 1. The Bertz CT molecular complexity index is 664. The largest absolute Gasteiger partial charge is 0.353 e. The van der Waals surface area contributed by atoms with Gasteiger partial charge in [0.15, 0.2) is 11.6 Å². The number of rotatable bonds is 2. The summed E-state index contributed by atoms with van der Waals surface area (Å²) < 4.78 is 43.4. The van der Waals surface area contributed by atoms with Crippen LogP contribution < -0.4 is 4.90 Å². The zero-order valence-corrected chi connectivity index (χ0v) is 13.4. The van der Waals surface area contributed by atoms with Crippen molar-refractivity contribution in [2.75, 3.05) is 31.1 Å². The lowest BCUT2D eigenvalue weighted by Gasteiger charge is -2.46. The fraction of sp³-hybridized carbons (Fsp3) is 0.647. The Hall–Kier alpha value is -1.79. The molecule has 7 heteroatoms. The number of hydrogen-bond donors (Lipinski definition) is 0. The fourth-order valence-corrected chi connectivity index (χ4v) is 3.97. The number of carbonyl (C=O) groups is 1. The second kappa shape index (κ2) is 5.36. The predicted molar refractivity (Wildman–Crippen MR) is 82.3 cm³/mol. The number of anilines is 1. The maximum Gasteiger partial charge on any atom is 0.258 e. The van der Waals surface area contributed by atoms with Crippen LogP contribution in [0, 0.1) is 17.2 Å². The highest BCUT2D eigenvalue weighted by molar-refractivity contribution is 5.81. The molecule has 1 aromatic rings. The van der Waals surface area contributed by atoms with Crippen molar-refractivity contribution >= 4 is 11.7 Å². The van der Waals surface area contributed by atoms with E-state index in [4.69, 9.17) is 0 Å². The molecule has 1 aromatic heterocycles. The highest BCUT2D eigenvalue weighted by atomic mass is 19.3. The molecule has 3 fully saturated rings. The molecule has 1 amide bonds. The number of carbonyl (C=O) groups excluding carboxylic acids is 1. The summed E-state index contributed by atoms with van der Waals surface area (Å²) in [6.45, 7) is 0.527. The van der Waals surface area contributed by atoms with E-state index in [1.54, 1.807) is 9.80 Å². The molecule has 4 rings (SSSR count). The van der Waals surface area contributed by atoms with Crippen LogP contribution in [0.1, 0.15) is 25.7 Å². The third-order valence-corrected chi connectivity index (χ3v) is 5.60. The maximum absolute atomic E-state index is 14.7. The molecule has 0 N–H and O–H groups in total. The van der Waals surface area contributed by atoms with E-state index in [1.165, 1.54) is 18.3 Å². The molecule has 1 aliphatic carbocycles. The lowest BCUT2D eigenvalue weighted by molar-refractivity contribution is -0.169. The lowest BCUT2D eigenvalue weighted by Crippen LogP contribution is -2.58. The average molecular weight is 339 g/mol. The van der Waals surface area contributed by atoms with Gasteiger partial charge in [-0.25, -0.2) is 18.2 Å². The van der Waals surface area contributed by atoms with Crippen LogP contribution in [0.3, 0.4) is 0 Å². The van der Waals surface area contributed by atoms with Crippen LogP contribution in [0.15, 0.2) is 18.3 Å². The van der Waals surface area contributed by atoms with Crippen LogP contribution in [0.2, 0.25) is 0 Å². The molecule has 130 valence electrons. The fourth-order valence-electron chi connectivity index (χ4n) is 3.97. The molecule has 2 saturated heterocycles. The molecular weight excluding hydrogens is 319 g/mol. The van der Waals surface area contributed by atoms with Crippen LogP contribution in [0.5, 0.6) is 0 Å². The highest BCUT2D eigenvalue weighted by Crippen LogP contribution is 2.50. The predicted octanol–water partition coefficient (Wildman–Crippen LogP) is 2.69. The van der Waals surface area contributed by atoms with E-state index in [1.807, 2.05) is 0 Å². The number of hydrogen-bond acceptors (Lipinski definition) is 3. The van der Waals surface area contributed by atoms with Crippen molar-refractivity contribution in [1.82, 2.24) is 9.88 Å². The molecule has 4 nitrogen and oxygen atoms in total. The number of halogens is 3. The summed E-state index contributed by atoms with van der Waals surface area (Å²) in [6, 6.07) is 2.77. The zero-order valence-electron chi connectivity index (χ0n) is 13.4. The Morgan fingerprint density at radius 2 is 2.00 bits per heavy atom. The van der Waals surface area contributed by atoms with Crippen LogP contribution in [0.4, 0.5) is 19.0 Å². The summed E-state index contributed by atoms with van der Waals surface area (Å²) in [6.07, 6.45) is 3.12. The molecule has 2 aliphatic heterocycles. The average Bonchev–Trinajstić information content (AvgIpc) is 3.31. The van der Waals surface area contributed by atoms with E-state index in [-0.39, 0.29) is 50.1 Å². The molecule has 0 aromatic carbocycles. The smallest absolute Gasteiger partial charge is 0.258 e. The first-order chi connectivity index (χ1) is 11.4. The summed E-state index contributed by atoms with van der Waals surface area (Å²) >= 11 is 0. The summed E-state index contributed by atoms with van der Waals surface area (Å²) in [4.78, 5) is 19.5. The topological polar surface area (TPSA) is 36.4 Å². The minimum absolute atomic E-state index is 0.00680. The highest BCUT2D eigenvalue weighted by Gasteiger charge is 2.60. The van der Waals surface area contributed by atoms with E-state index < -0.39 is 17.2 Å². The number of pyridine rings is 1. The van der Waals surface area contributed by atoms with Gasteiger partial charge in [0.05, 0.1) is 5.41 Å². The second-order valence-corrected chi connectivity index (χ2v) is 7.25. The summed E-state index contributed by atoms with van der Waals surface area (Å²) in [5.41, 5.74) is -1.31. The third kappa shape index (κ3) is 2.45. The van der Waals surface area contributed by atoms with Gasteiger partial charge < -0.3 is 9.80 Å². The molecule has 24 heavy (non-hydrogen) atoms. The summed E-state index contributed by atoms with van der Waals surface area (Å²) in [5, 5.41) is 0. The van der Waals surface area contributed by atoms with Crippen molar-refractivity contribution < 1.29 is 18.0 Å². The number of nitrogens with zero attached hydrogens (tertiary/aromatic N) is 3. The monoisotopic (exact) mass is 339 g/mol. The van der Waals surface area contributed by atoms with Gasteiger partial charge in [-0.15, -0.1) is 0 Å². The van der Waals surface area contributed by atoms with Crippen molar-refractivity contribution in [3.8, 4) is 0 Å². The Morgan fingerprint density at radius 3 is 2.71 bits per heavy atom. The van der Waals surface area contributed by atoms with Gasteiger partial charge >= 0.3 is 0 Å². The van der Waals surface area contributed by atoms with Gasteiger partial charge in [-0.05, 0) is 31.4 Å². The van der Waals surface area contributed by atoms with Crippen LogP contribution in [0.25, 0.3) is 0 Å². The van der Waals surface area contributed by atoms with Crippen LogP contribution >= 0.6 is 0 Å². The van der Waals surface area contributed by atoms with Gasteiger partial charge in [0, 0.05) is 44.7 Å². The molecule has 1 saturated carbocycles. The minimum atomic E-state index is -2.85. The normalized spacial score (nSPS) is 29.3. The van der Waals surface area contributed by atoms with Crippen LogP contribution in [-0.4, -0.2) is 47.9 Å². The lowest BCUT2D eigenvalue weighted by atomic mass is 9.75. The Labute approximate surface area is 138 Å². The van der Waals surface area contributed by atoms with Crippen molar-refractivity contribution in [2.45, 2.75) is 31.6 Å². The van der Waals surface area contributed by atoms with Crippen molar-refractivity contribution in [1.29, 1.82) is 0 Å². The molecule has 0 bridgehead atoms. The molecule has 1 atom stereocenters. The van der Waals surface area contributed by atoms with Gasteiger partial charge in [0.25, 0.3) is 5.92 Å². The van der Waals surface area contributed by atoms with Gasteiger partial charge in [-0.3, -0.25) is 4.79 Å². The molecule has 1 unspecified atom stereocenters. The first-order valence-corrected chi connectivity index (χ1v) is 8.44. The maximum atomic E-state index is 14.7. The molecule has 1 spiro atoms. The standard InChI is InChI=1S/C17H20F3N3O/c18-13-2-1-7-21-14(13)22-8-5-16(10-22)11-23(9-6-17(16,19)20)15(24)12-3-4-12/h1-2,7,12H,3-6,8-11H2. The van der Waals surface area contributed by atoms with Crippen molar-refractivity contribution in [2.24, 2.45) is 11.3 Å². The third-order valence-electron chi connectivity index (χ3n) is 5.60. The van der Waals surface area contributed by atoms with Crippen molar-refractivity contribution in [3.05, 3.63) is 24.1 Å². The first-order valence-electron chi connectivity index (χ1n) is 8.44. The quantitative estimate of drug-likeness (QED) is 0.831. The Kier molecular flexibility index (Phi) is 3.51. The van der Waals surface area contributed by atoms with Gasteiger partial charge in [0.2, 0.25) is 5.91 Å². The molecule has 0 radical (unpaired) electrons. The van der Waals surface area contributed by atoms with Crippen LogP contribution in [-0.2, 0) is 4.79 Å². The number of piperidine rings is 1. The summed E-state index contributed by atoms with van der Waals surface area (Å²) in [7, 11) is 0. The first kappa shape index (κ1) is 15.7. The number of aromatic nitrogens is 1. The number of amides is 1. The van der Waals surface area contributed by atoms with Gasteiger partial charge in [-0.1, -0.05) is 0 Å². The Balaban J connectivity index is 1.57. The second-order valence-electron chi connectivity index (χ2n) is 7.25. The SMILES string of the molecule is O=C(C1CC1)N1CCC(F)(F)C2(CCN(c3ncccc3F)C2)C1. The molecular formula is C17H20F3N3O. The van der Waals surface area contributed by atoms with Gasteiger partial charge in [0.1, 0.15) is 0 Å².